The van der Waals surface area contributed by atoms with E-state index in [0.717, 1.165) is 6.07 Å². The van der Waals surface area contributed by atoms with Gasteiger partial charge in [-0.3, -0.25) is 10.1 Å². The Kier molecular flexibility index (Phi) is 6.98. The number of benzene rings is 1. The molecule has 0 aliphatic carbocycles. The maximum absolute atomic E-state index is 13.5. The Hall–Kier alpha value is -2.64. The zero-order chi connectivity index (χ0) is 17.4. The summed E-state index contributed by atoms with van der Waals surface area (Å²) in [6.45, 7) is 3.01. The van der Waals surface area contributed by atoms with Crippen molar-refractivity contribution in [1.82, 2.24) is 10.6 Å². The first kappa shape index (κ1) is 18.4. The third kappa shape index (κ3) is 5.93. The molecule has 0 saturated heterocycles. The maximum atomic E-state index is 13.5. The topological polar surface area (TPSA) is 93.7 Å². The number of urea groups is 1. The summed E-state index contributed by atoms with van der Waals surface area (Å²) in [5.41, 5.74) is -0.0693. The number of ether oxygens (including phenoxy) is 2. The second-order valence-corrected chi connectivity index (χ2v) is 4.76. The predicted molar refractivity (Wildman–Crippen MR) is 79.7 cm³/mol. The van der Waals surface area contributed by atoms with E-state index in [4.69, 9.17) is 9.47 Å². The first-order valence-corrected chi connectivity index (χ1v) is 6.98. The molecule has 1 rings (SSSR count). The fourth-order valence-corrected chi connectivity index (χ4v) is 1.53. The van der Waals surface area contributed by atoms with E-state index in [-0.39, 0.29) is 17.4 Å². The molecule has 0 radical (unpaired) electrons. The van der Waals surface area contributed by atoms with Crippen molar-refractivity contribution in [3.05, 3.63) is 29.6 Å². The Morgan fingerprint density at radius 3 is 2.57 bits per heavy atom. The minimum atomic E-state index is -0.885. The van der Waals surface area contributed by atoms with Gasteiger partial charge in [-0.15, -0.1) is 0 Å². The van der Waals surface area contributed by atoms with E-state index in [0.29, 0.717) is 6.42 Å². The standard InChI is InChI=1S/C15H19FN2O5/c1-4-9(2)17-15(21)18-13(19)8-23-14(20)10-5-6-12(22-3)11(16)7-10/h5-7,9H,4,8H2,1-3H3,(H2,17,18,19,21)/t9-/m0/s1. The second kappa shape index (κ2) is 8.72. The summed E-state index contributed by atoms with van der Waals surface area (Å²) in [5.74, 6) is -2.41. The predicted octanol–water partition coefficient (Wildman–Crippen LogP) is 1.62. The van der Waals surface area contributed by atoms with Crippen LogP contribution < -0.4 is 15.4 Å². The molecule has 7 nitrogen and oxygen atoms in total. The van der Waals surface area contributed by atoms with E-state index in [1.807, 2.05) is 12.2 Å². The molecule has 0 aliphatic rings. The van der Waals surface area contributed by atoms with Crippen LogP contribution in [0, 0.1) is 5.82 Å². The number of amides is 3. The molecule has 1 atom stereocenters. The highest BCUT2D eigenvalue weighted by Crippen LogP contribution is 2.18. The lowest BCUT2D eigenvalue weighted by molar-refractivity contribution is -0.123. The van der Waals surface area contributed by atoms with Crippen LogP contribution in [-0.4, -0.2) is 37.7 Å². The van der Waals surface area contributed by atoms with E-state index < -0.39 is 30.3 Å². The number of methoxy groups -OCH3 is 1. The lowest BCUT2D eigenvalue weighted by Crippen LogP contribution is -2.44. The number of carbonyl (C=O) groups excluding carboxylic acids is 3. The molecule has 126 valence electrons. The Morgan fingerprint density at radius 1 is 1.30 bits per heavy atom. The van der Waals surface area contributed by atoms with Crippen LogP contribution in [0.2, 0.25) is 0 Å². The highest BCUT2D eigenvalue weighted by molar-refractivity contribution is 5.97. The zero-order valence-corrected chi connectivity index (χ0v) is 13.1. The molecule has 0 bridgehead atoms. The summed E-state index contributed by atoms with van der Waals surface area (Å²) in [6.07, 6.45) is 0.708. The molecule has 0 saturated carbocycles. The number of carbonyl (C=O) groups is 3. The first-order valence-electron chi connectivity index (χ1n) is 6.98. The molecule has 0 unspecified atom stereocenters. The van der Waals surface area contributed by atoms with Crippen molar-refractivity contribution >= 4 is 17.9 Å². The summed E-state index contributed by atoms with van der Waals surface area (Å²) in [7, 11) is 1.30. The number of nitrogens with one attached hydrogen (secondary N) is 2. The van der Waals surface area contributed by atoms with Gasteiger partial charge in [0.15, 0.2) is 18.2 Å². The molecule has 3 amide bonds. The van der Waals surface area contributed by atoms with Crippen LogP contribution in [0.5, 0.6) is 5.75 Å². The van der Waals surface area contributed by atoms with Crippen LogP contribution in [0.15, 0.2) is 18.2 Å². The summed E-state index contributed by atoms with van der Waals surface area (Å²) in [4.78, 5) is 34.6. The van der Waals surface area contributed by atoms with Gasteiger partial charge in [-0.25, -0.2) is 14.0 Å². The van der Waals surface area contributed by atoms with Gasteiger partial charge in [-0.05, 0) is 31.5 Å². The highest BCUT2D eigenvalue weighted by atomic mass is 19.1. The number of rotatable bonds is 6. The summed E-state index contributed by atoms with van der Waals surface area (Å²) < 4.78 is 22.9. The molecule has 1 aromatic carbocycles. The molecule has 0 spiro atoms. The quantitative estimate of drug-likeness (QED) is 0.775. The van der Waals surface area contributed by atoms with E-state index >= 15 is 0 Å². The molecule has 2 N–H and O–H groups in total. The fourth-order valence-electron chi connectivity index (χ4n) is 1.53. The van der Waals surface area contributed by atoms with Crippen LogP contribution >= 0.6 is 0 Å². The van der Waals surface area contributed by atoms with Crippen molar-refractivity contribution in [3.63, 3.8) is 0 Å². The van der Waals surface area contributed by atoms with Gasteiger partial charge in [0.05, 0.1) is 12.7 Å². The van der Waals surface area contributed by atoms with E-state index in [2.05, 4.69) is 5.32 Å². The molecule has 8 heteroatoms. The lowest BCUT2D eigenvalue weighted by atomic mass is 10.2. The Balaban J connectivity index is 2.48. The Bertz CT molecular complexity index is 591. The van der Waals surface area contributed by atoms with Crippen molar-refractivity contribution < 1.29 is 28.2 Å². The molecule has 0 heterocycles. The van der Waals surface area contributed by atoms with Crippen molar-refractivity contribution in [2.24, 2.45) is 0 Å². The second-order valence-electron chi connectivity index (χ2n) is 4.76. The number of hydrogen-bond acceptors (Lipinski definition) is 5. The third-order valence-corrected chi connectivity index (χ3v) is 2.96. The molecule has 0 fully saturated rings. The van der Waals surface area contributed by atoms with Crippen molar-refractivity contribution in [3.8, 4) is 5.75 Å². The van der Waals surface area contributed by atoms with Gasteiger partial charge in [-0.1, -0.05) is 6.92 Å². The molecular formula is C15H19FN2O5. The van der Waals surface area contributed by atoms with Crippen LogP contribution in [0.3, 0.4) is 0 Å². The monoisotopic (exact) mass is 326 g/mol. The van der Waals surface area contributed by atoms with Gasteiger partial charge in [-0.2, -0.15) is 0 Å². The summed E-state index contributed by atoms with van der Waals surface area (Å²) in [6, 6.07) is 2.75. The van der Waals surface area contributed by atoms with Gasteiger partial charge in [0, 0.05) is 6.04 Å². The van der Waals surface area contributed by atoms with Crippen LogP contribution in [-0.2, 0) is 9.53 Å². The highest BCUT2D eigenvalue weighted by Gasteiger charge is 2.15. The SMILES string of the molecule is CC[C@H](C)NC(=O)NC(=O)COC(=O)c1ccc(OC)c(F)c1. The zero-order valence-electron chi connectivity index (χ0n) is 13.1. The van der Waals surface area contributed by atoms with Crippen LogP contribution in [0.4, 0.5) is 9.18 Å². The van der Waals surface area contributed by atoms with Crippen molar-refractivity contribution in [1.29, 1.82) is 0 Å². The average molecular weight is 326 g/mol. The maximum Gasteiger partial charge on any atom is 0.338 e. The van der Waals surface area contributed by atoms with Gasteiger partial charge in [0.1, 0.15) is 0 Å². The molecule has 23 heavy (non-hydrogen) atoms. The largest absolute Gasteiger partial charge is 0.494 e. The van der Waals surface area contributed by atoms with E-state index in [9.17, 15) is 18.8 Å². The molecule has 0 aromatic heterocycles. The number of halogens is 1. The Labute approximate surface area is 133 Å². The Morgan fingerprint density at radius 2 is 2.00 bits per heavy atom. The van der Waals surface area contributed by atoms with Crippen molar-refractivity contribution in [2.45, 2.75) is 26.3 Å². The summed E-state index contributed by atoms with van der Waals surface area (Å²) >= 11 is 0. The number of esters is 1. The van der Waals surface area contributed by atoms with Crippen LogP contribution in [0.1, 0.15) is 30.6 Å². The number of imide groups is 1. The third-order valence-electron chi connectivity index (χ3n) is 2.96. The van der Waals surface area contributed by atoms with Crippen LogP contribution in [0.25, 0.3) is 0 Å². The minimum Gasteiger partial charge on any atom is -0.494 e. The first-order chi connectivity index (χ1) is 10.9. The van der Waals surface area contributed by atoms with Gasteiger partial charge < -0.3 is 14.8 Å². The number of hydrogen-bond donors (Lipinski definition) is 2. The van der Waals surface area contributed by atoms with E-state index in [1.54, 1.807) is 6.92 Å². The fraction of sp³-hybridized carbons (Fsp3) is 0.400. The smallest absolute Gasteiger partial charge is 0.338 e. The normalized spacial score (nSPS) is 11.3. The summed E-state index contributed by atoms with van der Waals surface area (Å²) in [5, 5.41) is 4.55. The van der Waals surface area contributed by atoms with E-state index in [1.165, 1.54) is 19.2 Å². The lowest BCUT2D eigenvalue weighted by Gasteiger charge is -2.11. The average Bonchev–Trinajstić information content (AvgIpc) is 2.52. The van der Waals surface area contributed by atoms with Crippen molar-refractivity contribution in [2.75, 3.05) is 13.7 Å². The molecule has 1 aromatic rings. The van der Waals surface area contributed by atoms with Gasteiger partial charge in [0.25, 0.3) is 5.91 Å². The van der Waals surface area contributed by atoms with Gasteiger partial charge in [0.2, 0.25) is 0 Å². The van der Waals surface area contributed by atoms with Gasteiger partial charge >= 0.3 is 12.0 Å². The molecule has 0 aliphatic heterocycles. The molecular weight excluding hydrogens is 307 g/mol. The minimum absolute atomic E-state index is 0.0130.